The molecule has 0 radical (unpaired) electrons. The molecule has 1 N–H and O–H groups in total. The second-order valence-electron chi connectivity index (χ2n) is 10.6. The molecule has 0 unspecified atom stereocenters. The maximum Gasteiger partial charge on any atom is 0.243 e. The van der Waals surface area contributed by atoms with E-state index < -0.39 is 21.6 Å². The van der Waals surface area contributed by atoms with Gasteiger partial charge in [-0.15, -0.1) is 0 Å². The number of sulfonamides is 1. The van der Waals surface area contributed by atoms with Gasteiger partial charge in [0.15, 0.2) is 0 Å². The van der Waals surface area contributed by atoms with Crippen LogP contribution in [0.3, 0.4) is 0 Å². The van der Waals surface area contributed by atoms with E-state index in [1.807, 2.05) is 77.9 Å². The first kappa shape index (κ1) is 30.4. The van der Waals surface area contributed by atoms with Crippen molar-refractivity contribution in [3.05, 3.63) is 65.2 Å². The van der Waals surface area contributed by atoms with Crippen molar-refractivity contribution in [2.24, 2.45) is 0 Å². The smallest absolute Gasteiger partial charge is 0.243 e. The molecule has 0 bridgehead atoms. The summed E-state index contributed by atoms with van der Waals surface area (Å²) in [6, 6.07) is 14.7. The quantitative estimate of drug-likeness (QED) is 0.427. The van der Waals surface area contributed by atoms with Crippen molar-refractivity contribution in [3.63, 3.8) is 0 Å². The number of nitrogens with one attached hydrogen (secondary N) is 1. The molecule has 0 heterocycles. The van der Waals surface area contributed by atoms with E-state index in [1.165, 1.54) is 10.6 Å². The highest BCUT2D eigenvalue weighted by Crippen LogP contribution is 2.21. The maximum atomic E-state index is 13.5. The molecule has 7 nitrogen and oxygen atoms in total. The minimum absolute atomic E-state index is 0.129. The molecule has 0 aliphatic carbocycles. The normalized spacial score (nSPS) is 12.6. The third kappa shape index (κ3) is 9.50. The van der Waals surface area contributed by atoms with Gasteiger partial charge in [-0.25, -0.2) is 8.42 Å². The number of anilines is 1. The van der Waals surface area contributed by atoms with Crippen molar-refractivity contribution in [3.8, 4) is 0 Å². The van der Waals surface area contributed by atoms with Crippen molar-refractivity contribution in [2.45, 2.75) is 85.4 Å². The van der Waals surface area contributed by atoms with E-state index >= 15 is 0 Å². The first-order valence-corrected chi connectivity index (χ1v) is 14.8. The van der Waals surface area contributed by atoms with Crippen molar-refractivity contribution >= 4 is 27.5 Å². The van der Waals surface area contributed by atoms with Gasteiger partial charge in [-0.2, -0.15) is 0 Å². The molecule has 2 rings (SSSR count). The lowest BCUT2D eigenvalue weighted by Crippen LogP contribution is -2.53. The van der Waals surface area contributed by atoms with Crippen LogP contribution in [-0.4, -0.2) is 49.5 Å². The van der Waals surface area contributed by atoms with Gasteiger partial charge >= 0.3 is 0 Å². The second kappa shape index (κ2) is 13.1. The minimum atomic E-state index is -3.52. The minimum Gasteiger partial charge on any atom is -0.350 e. The summed E-state index contributed by atoms with van der Waals surface area (Å²) in [5.41, 5.74) is 3.34. The van der Waals surface area contributed by atoms with Crippen LogP contribution in [0.1, 0.15) is 70.6 Å². The van der Waals surface area contributed by atoms with E-state index in [4.69, 9.17) is 0 Å². The molecule has 2 amide bonds. The molecule has 0 spiro atoms. The Balaban J connectivity index is 2.22. The number of benzene rings is 2. The van der Waals surface area contributed by atoms with Gasteiger partial charge in [0, 0.05) is 25.0 Å². The zero-order valence-corrected chi connectivity index (χ0v) is 24.2. The Hall–Kier alpha value is -2.87. The molecule has 0 aromatic heterocycles. The number of carbonyl (C=O) groups excluding carboxylic acids is 2. The van der Waals surface area contributed by atoms with Crippen LogP contribution in [0, 0.1) is 6.92 Å². The molecule has 0 saturated carbocycles. The molecular weight excluding hydrogens is 486 g/mol. The summed E-state index contributed by atoms with van der Waals surface area (Å²) in [5, 5.41) is 3.01. The molecule has 0 aliphatic heterocycles. The molecular formula is C29H43N3O4S. The molecule has 0 aliphatic rings. The van der Waals surface area contributed by atoms with Crippen LogP contribution in [0.15, 0.2) is 48.5 Å². The number of amides is 2. The van der Waals surface area contributed by atoms with E-state index in [9.17, 15) is 18.0 Å². The molecule has 8 heteroatoms. The van der Waals surface area contributed by atoms with E-state index in [-0.39, 0.29) is 24.8 Å². The van der Waals surface area contributed by atoms with Crippen molar-refractivity contribution < 1.29 is 18.0 Å². The highest BCUT2D eigenvalue weighted by molar-refractivity contribution is 7.92. The summed E-state index contributed by atoms with van der Waals surface area (Å²) in [6.07, 6.45) is 2.98. The Morgan fingerprint density at radius 3 is 2.00 bits per heavy atom. The van der Waals surface area contributed by atoms with Crippen LogP contribution in [0.4, 0.5) is 5.69 Å². The van der Waals surface area contributed by atoms with E-state index in [1.54, 1.807) is 17.0 Å². The van der Waals surface area contributed by atoms with Gasteiger partial charge in [0.2, 0.25) is 21.8 Å². The molecule has 0 saturated heterocycles. The number of hydrogen-bond acceptors (Lipinski definition) is 4. The number of hydrogen-bond donors (Lipinski definition) is 1. The second-order valence-corrected chi connectivity index (χ2v) is 12.5. The van der Waals surface area contributed by atoms with Gasteiger partial charge in [-0.05, 0) is 70.2 Å². The van der Waals surface area contributed by atoms with Crippen molar-refractivity contribution in [1.29, 1.82) is 0 Å². The summed E-state index contributed by atoms with van der Waals surface area (Å²) in [7, 11) is -3.52. The molecule has 2 aromatic carbocycles. The fourth-order valence-corrected chi connectivity index (χ4v) is 5.13. The third-order valence-electron chi connectivity index (χ3n) is 6.14. The number of nitrogens with zero attached hydrogens (tertiary/aromatic N) is 2. The highest BCUT2D eigenvalue weighted by Gasteiger charge is 2.30. The van der Waals surface area contributed by atoms with Gasteiger partial charge in [-0.3, -0.25) is 13.9 Å². The molecule has 2 aromatic rings. The fourth-order valence-electron chi connectivity index (χ4n) is 4.16. The van der Waals surface area contributed by atoms with E-state index in [0.717, 1.165) is 23.1 Å². The predicted molar refractivity (Wildman–Crippen MR) is 151 cm³/mol. The van der Waals surface area contributed by atoms with Gasteiger partial charge in [-0.1, -0.05) is 55.8 Å². The van der Waals surface area contributed by atoms with E-state index in [2.05, 4.69) is 5.32 Å². The summed E-state index contributed by atoms with van der Waals surface area (Å²) in [6.45, 7) is 12.2. The lowest BCUT2D eigenvalue weighted by Gasteiger charge is -2.33. The molecule has 37 heavy (non-hydrogen) atoms. The summed E-state index contributed by atoms with van der Waals surface area (Å²) in [4.78, 5) is 28.3. The van der Waals surface area contributed by atoms with Gasteiger partial charge in [0.05, 0.1) is 11.9 Å². The van der Waals surface area contributed by atoms with Crippen molar-refractivity contribution in [1.82, 2.24) is 10.2 Å². The Morgan fingerprint density at radius 2 is 1.51 bits per heavy atom. The number of carbonyl (C=O) groups is 2. The van der Waals surface area contributed by atoms with E-state index in [0.29, 0.717) is 25.1 Å². The standard InChI is InChI=1S/C29H43N3O4S/c1-8-23-16-18-25(19-17-23)32(37(7,35)36)20-10-11-27(33)31(21-24-14-12-22(3)13-15-24)26(9-2)28(34)30-29(4,5)6/h12-19,26H,8-11,20-21H2,1-7H3,(H,30,34)/t26-/m0/s1. The third-order valence-corrected chi connectivity index (χ3v) is 7.34. The first-order valence-electron chi connectivity index (χ1n) is 13.0. The summed E-state index contributed by atoms with van der Waals surface area (Å²) >= 11 is 0. The Labute approximate surface area is 223 Å². The van der Waals surface area contributed by atoms with Crippen LogP contribution >= 0.6 is 0 Å². The summed E-state index contributed by atoms with van der Waals surface area (Å²) < 4.78 is 26.4. The Kier molecular flexibility index (Phi) is 10.7. The fraction of sp³-hybridized carbons (Fsp3) is 0.517. The Morgan fingerprint density at radius 1 is 0.946 bits per heavy atom. The predicted octanol–water partition coefficient (Wildman–Crippen LogP) is 4.83. The van der Waals surface area contributed by atoms with Crippen LogP contribution in [-0.2, 0) is 32.6 Å². The van der Waals surface area contributed by atoms with Crippen LogP contribution < -0.4 is 9.62 Å². The lowest BCUT2D eigenvalue weighted by atomic mass is 10.0. The SMILES string of the molecule is CCc1ccc(N(CCCC(=O)N(Cc2ccc(C)cc2)[C@@H](CC)C(=O)NC(C)(C)C)S(C)(=O)=O)cc1. The van der Waals surface area contributed by atoms with Crippen LogP contribution in [0.2, 0.25) is 0 Å². The first-order chi connectivity index (χ1) is 17.2. The maximum absolute atomic E-state index is 13.5. The van der Waals surface area contributed by atoms with Gasteiger partial charge in [0.1, 0.15) is 6.04 Å². The van der Waals surface area contributed by atoms with Gasteiger partial charge < -0.3 is 10.2 Å². The average molecular weight is 530 g/mol. The zero-order valence-electron chi connectivity index (χ0n) is 23.4. The van der Waals surface area contributed by atoms with Gasteiger partial charge in [0.25, 0.3) is 0 Å². The average Bonchev–Trinajstić information content (AvgIpc) is 2.81. The zero-order chi connectivity index (χ0) is 27.8. The van der Waals surface area contributed by atoms with Crippen molar-refractivity contribution in [2.75, 3.05) is 17.1 Å². The highest BCUT2D eigenvalue weighted by atomic mass is 32.2. The largest absolute Gasteiger partial charge is 0.350 e. The Bertz CT molecular complexity index is 1140. The number of rotatable bonds is 12. The molecule has 1 atom stereocenters. The molecule has 204 valence electrons. The monoisotopic (exact) mass is 529 g/mol. The lowest BCUT2D eigenvalue weighted by molar-refractivity contribution is -0.142. The molecule has 0 fully saturated rings. The van der Waals surface area contributed by atoms with Crippen LogP contribution in [0.25, 0.3) is 0 Å². The summed E-state index contributed by atoms with van der Waals surface area (Å²) in [5.74, 6) is -0.365. The topological polar surface area (TPSA) is 86.8 Å². The van der Waals surface area contributed by atoms with Crippen LogP contribution in [0.5, 0.6) is 0 Å². The number of aryl methyl sites for hydroxylation is 2.